The summed E-state index contributed by atoms with van der Waals surface area (Å²) in [5.74, 6) is 0. The first-order valence-electron chi connectivity index (χ1n) is 12.1. The molecule has 0 heterocycles. The van der Waals surface area contributed by atoms with Gasteiger partial charge in [0.15, 0.2) is 0 Å². The summed E-state index contributed by atoms with van der Waals surface area (Å²) in [6.07, 6.45) is 25.6. The van der Waals surface area contributed by atoms with E-state index < -0.39 is 0 Å². The Bertz CT molecular complexity index is 462. The van der Waals surface area contributed by atoms with Crippen LogP contribution in [0.25, 0.3) is 6.08 Å². The van der Waals surface area contributed by atoms with Crippen LogP contribution >= 0.6 is 11.6 Å². The molecular formula is C27H45Cl. The molecule has 0 amide bonds. The third-order valence-electron chi connectivity index (χ3n) is 5.84. The Labute approximate surface area is 181 Å². The van der Waals surface area contributed by atoms with E-state index in [0.717, 1.165) is 12.0 Å². The lowest BCUT2D eigenvalue weighted by atomic mass is 10.0. The first-order valence-corrected chi connectivity index (χ1v) is 12.6. The van der Waals surface area contributed by atoms with E-state index in [1.807, 2.05) is 6.08 Å². The van der Waals surface area contributed by atoms with Crippen LogP contribution in [0, 0.1) is 0 Å². The van der Waals surface area contributed by atoms with Gasteiger partial charge in [0.1, 0.15) is 0 Å². The topological polar surface area (TPSA) is 0 Å². The van der Waals surface area contributed by atoms with Crippen LogP contribution in [0.1, 0.15) is 133 Å². The Hall–Kier alpha value is -0.750. The Morgan fingerprint density at radius 2 is 1.07 bits per heavy atom. The molecule has 0 saturated carbocycles. The summed E-state index contributed by atoms with van der Waals surface area (Å²) >= 11 is 6.54. The Balaban J connectivity index is 1.83. The van der Waals surface area contributed by atoms with Crippen LogP contribution in [0.4, 0.5) is 0 Å². The molecule has 0 aliphatic rings. The second-order valence-electron chi connectivity index (χ2n) is 8.43. The van der Waals surface area contributed by atoms with Crippen LogP contribution < -0.4 is 0 Å². The lowest BCUT2D eigenvalue weighted by molar-refractivity contribution is 0.526. The van der Waals surface area contributed by atoms with Crippen LogP contribution in [-0.2, 0) is 0 Å². The fourth-order valence-electron chi connectivity index (χ4n) is 3.88. The van der Waals surface area contributed by atoms with Crippen molar-refractivity contribution in [1.82, 2.24) is 0 Å². The van der Waals surface area contributed by atoms with Gasteiger partial charge in [-0.15, -0.1) is 11.6 Å². The van der Waals surface area contributed by atoms with Crippen LogP contribution in [-0.4, -0.2) is 0 Å². The maximum atomic E-state index is 6.54. The summed E-state index contributed by atoms with van der Waals surface area (Å²) in [6, 6.07) is 8.49. The molecule has 1 atom stereocenters. The molecule has 0 saturated heterocycles. The van der Waals surface area contributed by atoms with Gasteiger partial charge in [0.05, 0.1) is 5.38 Å². The van der Waals surface area contributed by atoms with Gasteiger partial charge in [-0.3, -0.25) is 0 Å². The van der Waals surface area contributed by atoms with E-state index in [1.165, 1.54) is 108 Å². The van der Waals surface area contributed by atoms with Crippen LogP contribution in [0.5, 0.6) is 0 Å². The molecule has 0 radical (unpaired) electrons. The predicted molar refractivity (Wildman–Crippen MR) is 129 cm³/mol. The number of benzene rings is 1. The van der Waals surface area contributed by atoms with Gasteiger partial charge in [-0.1, -0.05) is 147 Å². The number of hydrogen-bond donors (Lipinski definition) is 0. The third kappa shape index (κ3) is 13.4. The fourth-order valence-corrected chi connectivity index (χ4v) is 4.18. The van der Waals surface area contributed by atoms with Crippen molar-refractivity contribution in [2.24, 2.45) is 0 Å². The molecule has 1 rings (SSSR count). The monoisotopic (exact) mass is 404 g/mol. The predicted octanol–water partition coefficient (Wildman–Crippen LogP) is 10.3. The van der Waals surface area contributed by atoms with E-state index >= 15 is 0 Å². The van der Waals surface area contributed by atoms with Gasteiger partial charge >= 0.3 is 0 Å². The van der Waals surface area contributed by atoms with Gasteiger partial charge < -0.3 is 0 Å². The quantitative estimate of drug-likeness (QED) is 0.159. The minimum absolute atomic E-state index is 0.158. The van der Waals surface area contributed by atoms with E-state index in [9.17, 15) is 0 Å². The zero-order valence-electron chi connectivity index (χ0n) is 18.6. The molecule has 1 unspecified atom stereocenters. The average Bonchev–Trinajstić information content (AvgIpc) is 2.73. The highest BCUT2D eigenvalue weighted by Crippen LogP contribution is 2.27. The molecule has 28 heavy (non-hydrogen) atoms. The Morgan fingerprint density at radius 1 is 0.679 bits per heavy atom. The van der Waals surface area contributed by atoms with Crippen molar-refractivity contribution in [2.45, 2.75) is 121 Å². The highest BCUT2D eigenvalue weighted by atomic mass is 35.5. The summed E-state index contributed by atoms with van der Waals surface area (Å²) in [5.41, 5.74) is 2.41. The van der Waals surface area contributed by atoms with Crippen LogP contribution in [0.2, 0.25) is 0 Å². The standard InChI is InChI=1S/C27H45Cl/c1-3-5-6-7-8-9-10-11-12-13-14-15-16-17-18-19-20-27(28)26-23-21-25(4-2)22-24-26/h4,21-24,27H,2-3,5-20H2,1H3. The first kappa shape index (κ1) is 25.3. The van der Waals surface area contributed by atoms with Crippen molar-refractivity contribution in [1.29, 1.82) is 0 Å². The van der Waals surface area contributed by atoms with Crippen molar-refractivity contribution in [2.75, 3.05) is 0 Å². The summed E-state index contributed by atoms with van der Waals surface area (Å²) < 4.78 is 0. The normalized spacial score (nSPS) is 12.2. The second kappa shape index (κ2) is 18.3. The molecule has 0 aromatic heterocycles. The molecule has 1 aromatic rings. The van der Waals surface area contributed by atoms with Crippen molar-refractivity contribution < 1.29 is 0 Å². The molecule has 0 aliphatic carbocycles. The first-order chi connectivity index (χ1) is 13.8. The van der Waals surface area contributed by atoms with Gasteiger partial charge in [-0.25, -0.2) is 0 Å². The van der Waals surface area contributed by atoms with E-state index in [0.29, 0.717) is 0 Å². The highest BCUT2D eigenvalue weighted by Gasteiger charge is 2.07. The summed E-state index contributed by atoms with van der Waals surface area (Å²) in [4.78, 5) is 0. The van der Waals surface area contributed by atoms with Crippen LogP contribution in [0.3, 0.4) is 0 Å². The van der Waals surface area contributed by atoms with Crippen LogP contribution in [0.15, 0.2) is 30.8 Å². The number of halogens is 1. The molecule has 0 fully saturated rings. The number of hydrogen-bond acceptors (Lipinski definition) is 0. The average molecular weight is 405 g/mol. The molecule has 0 spiro atoms. The van der Waals surface area contributed by atoms with Gasteiger partial charge in [-0.2, -0.15) is 0 Å². The smallest absolute Gasteiger partial charge is 0.0585 e. The molecule has 1 heteroatoms. The largest absolute Gasteiger partial charge is 0.118 e. The van der Waals surface area contributed by atoms with E-state index in [2.05, 4.69) is 37.8 Å². The van der Waals surface area contributed by atoms with Crippen molar-refractivity contribution in [3.63, 3.8) is 0 Å². The van der Waals surface area contributed by atoms with Gasteiger partial charge in [0.25, 0.3) is 0 Å². The molecular weight excluding hydrogens is 360 g/mol. The molecule has 1 aromatic carbocycles. The van der Waals surface area contributed by atoms with Crippen molar-refractivity contribution in [3.05, 3.63) is 42.0 Å². The second-order valence-corrected chi connectivity index (χ2v) is 8.96. The maximum Gasteiger partial charge on any atom is 0.0585 e. The molecule has 0 bridgehead atoms. The lowest BCUT2D eigenvalue weighted by Gasteiger charge is -2.10. The zero-order chi connectivity index (χ0) is 20.3. The van der Waals surface area contributed by atoms with Gasteiger partial charge in [-0.05, 0) is 17.5 Å². The number of rotatable bonds is 19. The lowest BCUT2D eigenvalue weighted by Crippen LogP contribution is -1.91. The Kier molecular flexibility index (Phi) is 16.5. The summed E-state index contributed by atoms with van der Waals surface area (Å²) in [6.45, 7) is 6.09. The van der Waals surface area contributed by atoms with E-state index in [4.69, 9.17) is 11.6 Å². The SMILES string of the molecule is C=Cc1ccc(C(Cl)CCCCCCCCCCCCCCCCCC)cc1. The molecule has 0 aliphatic heterocycles. The Morgan fingerprint density at radius 3 is 1.46 bits per heavy atom. The molecule has 160 valence electrons. The summed E-state index contributed by atoms with van der Waals surface area (Å²) in [5, 5.41) is 0.158. The summed E-state index contributed by atoms with van der Waals surface area (Å²) in [7, 11) is 0. The number of alkyl halides is 1. The van der Waals surface area contributed by atoms with Gasteiger partial charge in [0, 0.05) is 0 Å². The fraction of sp³-hybridized carbons (Fsp3) is 0.704. The maximum absolute atomic E-state index is 6.54. The minimum Gasteiger partial charge on any atom is -0.118 e. The highest BCUT2D eigenvalue weighted by molar-refractivity contribution is 6.20. The van der Waals surface area contributed by atoms with Gasteiger partial charge in [0.2, 0.25) is 0 Å². The minimum atomic E-state index is 0.158. The molecule has 0 nitrogen and oxygen atoms in total. The van der Waals surface area contributed by atoms with Crippen molar-refractivity contribution >= 4 is 17.7 Å². The third-order valence-corrected chi connectivity index (χ3v) is 6.32. The van der Waals surface area contributed by atoms with Crippen molar-refractivity contribution in [3.8, 4) is 0 Å². The number of unbranched alkanes of at least 4 members (excludes halogenated alkanes) is 15. The van der Waals surface area contributed by atoms with E-state index in [-0.39, 0.29) is 5.38 Å². The van der Waals surface area contributed by atoms with E-state index in [1.54, 1.807) is 0 Å². The molecule has 0 N–H and O–H groups in total. The zero-order valence-corrected chi connectivity index (χ0v) is 19.3.